The number of amides is 2. The minimum Gasteiger partial charge on any atom is -0.493 e. The zero-order chi connectivity index (χ0) is 29.4. The van der Waals surface area contributed by atoms with Crippen molar-refractivity contribution in [3.63, 3.8) is 0 Å². The van der Waals surface area contributed by atoms with Crippen molar-refractivity contribution in [2.75, 3.05) is 32.1 Å². The second kappa shape index (κ2) is 13.5. The summed E-state index contributed by atoms with van der Waals surface area (Å²) in [5.41, 5.74) is 1.70. The van der Waals surface area contributed by atoms with E-state index in [0.29, 0.717) is 28.5 Å². The van der Waals surface area contributed by atoms with Gasteiger partial charge in [-0.25, -0.2) is 8.42 Å². The number of hydrogen-bond donors (Lipinski definition) is 1. The third-order valence-corrected chi connectivity index (χ3v) is 8.63. The highest BCUT2D eigenvalue weighted by atomic mass is 35.5. The lowest BCUT2D eigenvalue weighted by molar-refractivity contribution is -0.140. The number of anilines is 1. The van der Waals surface area contributed by atoms with Crippen LogP contribution < -0.4 is 19.1 Å². The molecule has 2 amide bonds. The number of nitrogens with one attached hydrogen (secondary N) is 1. The number of halogens is 1. The summed E-state index contributed by atoms with van der Waals surface area (Å²) >= 11 is 6.39. The smallest absolute Gasteiger partial charge is 0.264 e. The summed E-state index contributed by atoms with van der Waals surface area (Å²) < 4.78 is 39.7. The minimum absolute atomic E-state index is 0.00872. The molecule has 0 aromatic heterocycles. The van der Waals surface area contributed by atoms with Crippen molar-refractivity contribution in [1.29, 1.82) is 0 Å². The summed E-state index contributed by atoms with van der Waals surface area (Å²) in [6, 6.07) is 17.1. The molecule has 1 atom stereocenters. The fraction of sp³-hybridized carbons (Fsp3) is 0.310. The number of methoxy groups -OCH3 is 2. The molecule has 0 saturated heterocycles. The van der Waals surface area contributed by atoms with Crippen molar-refractivity contribution in [3.8, 4) is 11.5 Å². The third kappa shape index (κ3) is 6.86. The van der Waals surface area contributed by atoms with Gasteiger partial charge in [0.25, 0.3) is 10.0 Å². The Bertz CT molecular complexity index is 1450. The fourth-order valence-electron chi connectivity index (χ4n) is 4.24. The molecule has 0 unspecified atom stereocenters. The second-order valence-corrected chi connectivity index (χ2v) is 11.3. The van der Waals surface area contributed by atoms with Crippen LogP contribution >= 0.6 is 11.6 Å². The molecule has 11 heteroatoms. The Morgan fingerprint density at radius 2 is 1.62 bits per heavy atom. The van der Waals surface area contributed by atoms with Crippen molar-refractivity contribution >= 4 is 39.1 Å². The molecule has 0 spiro atoms. The summed E-state index contributed by atoms with van der Waals surface area (Å²) in [5.74, 6) is -0.264. The number of sulfonamides is 1. The highest BCUT2D eigenvalue weighted by Gasteiger charge is 2.34. The third-order valence-electron chi connectivity index (χ3n) is 6.47. The quantitative estimate of drug-likeness (QED) is 0.336. The highest BCUT2D eigenvalue weighted by molar-refractivity contribution is 7.92. The number of likely N-dealkylation sites (N-methyl/N-ethyl adjacent to an activating group) is 1. The summed E-state index contributed by atoms with van der Waals surface area (Å²) in [5, 5.41) is 3.02. The molecule has 1 N–H and O–H groups in total. The van der Waals surface area contributed by atoms with E-state index in [9.17, 15) is 18.0 Å². The van der Waals surface area contributed by atoms with E-state index < -0.39 is 28.5 Å². The Labute approximate surface area is 240 Å². The summed E-state index contributed by atoms with van der Waals surface area (Å²) in [7, 11) is 0.174. The number of aryl methyl sites for hydroxylation is 1. The topological polar surface area (TPSA) is 105 Å². The molecule has 0 bridgehead atoms. The van der Waals surface area contributed by atoms with Gasteiger partial charge in [0, 0.05) is 24.7 Å². The first-order valence-corrected chi connectivity index (χ1v) is 14.4. The first-order valence-electron chi connectivity index (χ1n) is 12.6. The first-order chi connectivity index (χ1) is 19.1. The van der Waals surface area contributed by atoms with Crippen molar-refractivity contribution < 1.29 is 27.5 Å². The molecule has 40 heavy (non-hydrogen) atoms. The summed E-state index contributed by atoms with van der Waals surface area (Å²) in [6.45, 7) is 3.06. The van der Waals surface area contributed by atoms with Crippen LogP contribution in [0.3, 0.4) is 0 Å². The van der Waals surface area contributed by atoms with Gasteiger partial charge in [0.05, 0.1) is 24.8 Å². The van der Waals surface area contributed by atoms with E-state index in [1.165, 1.54) is 50.4 Å². The Hall–Kier alpha value is -3.76. The van der Waals surface area contributed by atoms with E-state index in [-0.39, 0.29) is 23.0 Å². The maximum Gasteiger partial charge on any atom is 0.264 e. The van der Waals surface area contributed by atoms with E-state index in [1.54, 1.807) is 49.4 Å². The number of carbonyl (C=O) groups excluding carboxylic acids is 2. The fourth-order valence-corrected chi connectivity index (χ4v) is 5.84. The maximum atomic E-state index is 14.0. The lowest BCUT2D eigenvalue weighted by Gasteiger charge is -2.33. The lowest BCUT2D eigenvalue weighted by Crippen LogP contribution is -2.51. The molecule has 3 aromatic rings. The Balaban J connectivity index is 2.13. The molecule has 0 saturated carbocycles. The van der Waals surface area contributed by atoms with Crippen LogP contribution in [0.5, 0.6) is 11.5 Å². The lowest BCUT2D eigenvalue weighted by atomic mass is 10.1. The molecule has 0 aliphatic rings. The minimum atomic E-state index is -4.22. The largest absolute Gasteiger partial charge is 0.493 e. The molecule has 0 aliphatic carbocycles. The number of ether oxygens (including phenoxy) is 2. The van der Waals surface area contributed by atoms with Gasteiger partial charge in [-0.1, -0.05) is 54.4 Å². The van der Waals surface area contributed by atoms with Crippen LogP contribution in [0, 0.1) is 6.92 Å². The Morgan fingerprint density at radius 3 is 2.20 bits per heavy atom. The van der Waals surface area contributed by atoms with Gasteiger partial charge in [0.2, 0.25) is 11.8 Å². The van der Waals surface area contributed by atoms with Crippen LogP contribution in [0.15, 0.2) is 71.6 Å². The number of nitrogens with zero attached hydrogens (tertiary/aromatic N) is 2. The Morgan fingerprint density at radius 1 is 0.975 bits per heavy atom. The zero-order valence-corrected chi connectivity index (χ0v) is 24.8. The van der Waals surface area contributed by atoms with Gasteiger partial charge in [0.1, 0.15) is 12.6 Å². The van der Waals surface area contributed by atoms with Crippen molar-refractivity contribution in [3.05, 3.63) is 82.9 Å². The normalized spacial score (nSPS) is 11.8. The molecule has 214 valence electrons. The van der Waals surface area contributed by atoms with Gasteiger partial charge >= 0.3 is 0 Å². The molecule has 3 rings (SSSR count). The highest BCUT2D eigenvalue weighted by Crippen LogP contribution is 2.34. The second-order valence-electron chi connectivity index (χ2n) is 9.02. The number of rotatable bonds is 12. The van der Waals surface area contributed by atoms with Crippen LogP contribution in [0.4, 0.5) is 5.69 Å². The van der Waals surface area contributed by atoms with Crippen molar-refractivity contribution in [2.24, 2.45) is 0 Å². The Kier molecular flexibility index (Phi) is 10.4. The van der Waals surface area contributed by atoms with E-state index in [1.807, 2.05) is 6.92 Å². The molecule has 0 fully saturated rings. The summed E-state index contributed by atoms with van der Waals surface area (Å²) in [4.78, 5) is 28.2. The first kappa shape index (κ1) is 30.8. The molecule has 0 radical (unpaired) electrons. The predicted molar refractivity (Wildman–Crippen MR) is 155 cm³/mol. The molecular formula is C29H34ClN3O6S. The maximum absolute atomic E-state index is 14.0. The SMILES string of the molecule is CC[C@@H](C(=O)NC)N(Cc1ccccc1Cl)C(=O)CN(c1ccc(OC)c(OC)c1)S(=O)(=O)c1ccc(C)cc1. The van der Waals surface area contributed by atoms with Gasteiger partial charge in [-0.15, -0.1) is 0 Å². The van der Waals surface area contributed by atoms with E-state index in [0.717, 1.165) is 9.87 Å². The van der Waals surface area contributed by atoms with Gasteiger partial charge in [-0.3, -0.25) is 13.9 Å². The zero-order valence-electron chi connectivity index (χ0n) is 23.2. The number of hydrogen-bond acceptors (Lipinski definition) is 6. The standard InChI is InChI=1S/C29H34ClN3O6S/c1-6-25(29(35)31-3)32(18-21-9-7-8-10-24(21)30)28(34)19-33(22-13-16-26(38-4)27(17-22)39-5)40(36,37)23-14-11-20(2)12-15-23/h7-17,25H,6,18-19H2,1-5H3,(H,31,35)/t25-/m0/s1. The monoisotopic (exact) mass is 587 g/mol. The molecule has 0 heterocycles. The van der Waals surface area contributed by atoms with Crippen molar-refractivity contribution in [2.45, 2.75) is 37.8 Å². The van der Waals surface area contributed by atoms with Crippen LogP contribution in [-0.2, 0) is 26.2 Å². The molecule has 3 aromatic carbocycles. The molecule has 0 aliphatic heterocycles. The molecular weight excluding hydrogens is 554 g/mol. The van der Waals surface area contributed by atoms with Crippen LogP contribution in [0.2, 0.25) is 5.02 Å². The van der Waals surface area contributed by atoms with Gasteiger partial charge < -0.3 is 19.7 Å². The van der Waals surface area contributed by atoms with Crippen molar-refractivity contribution in [1.82, 2.24) is 10.2 Å². The van der Waals surface area contributed by atoms with Gasteiger partial charge in [-0.2, -0.15) is 0 Å². The van der Waals surface area contributed by atoms with Gasteiger partial charge in [0.15, 0.2) is 11.5 Å². The van der Waals surface area contributed by atoms with E-state index >= 15 is 0 Å². The van der Waals surface area contributed by atoms with Gasteiger partial charge in [-0.05, 0) is 49.2 Å². The van der Waals surface area contributed by atoms with Crippen LogP contribution in [-0.4, -0.2) is 59.0 Å². The molecule has 9 nitrogen and oxygen atoms in total. The predicted octanol–water partition coefficient (Wildman–Crippen LogP) is 4.41. The average molecular weight is 588 g/mol. The van der Waals surface area contributed by atoms with Crippen LogP contribution in [0.25, 0.3) is 0 Å². The van der Waals surface area contributed by atoms with Crippen LogP contribution in [0.1, 0.15) is 24.5 Å². The van der Waals surface area contributed by atoms with E-state index in [2.05, 4.69) is 5.32 Å². The average Bonchev–Trinajstić information content (AvgIpc) is 2.96. The van der Waals surface area contributed by atoms with E-state index in [4.69, 9.17) is 21.1 Å². The number of carbonyl (C=O) groups is 2. The number of benzene rings is 3. The summed E-state index contributed by atoms with van der Waals surface area (Å²) in [6.07, 6.45) is 0.303.